The first kappa shape index (κ1) is 15.3. The molecule has 0 saturated heterocycles. The zero-order chi connectivity index (χ0) is 15.5. The number of nitrogens with one attached hydrogen (secondary N) is 1. The van der Waals surface area contributed by atoms with Gasteiger partial charge in [-0.3, -0.25) is 9.71 Å². The van der Waals surface area contributed by atoms with E-state index in [-0.39, 0.29) is 11.4 Å². The van der Waals surface area contributed by atoms with Crippen LogP contribution < -0.4 is 15.2 Å². The highest BCUT2D eigenvalue weighted by Gasteiger charge is 2.16. The molecule has 1 aromatic carbocycles. The van der Waals surface area contributed by atoms with E-state index in [1.807, 2.05) is 0 Å². The summed E-state index contributed by atoms with van der Waals surface area (Å²) in [6, 6.07) is 7.83. The predicted octanol–water partition coefficient (Wildman–Crippen LogP) is 1.66. The molecule has 0 spiro atoms. The number of sulfonamides is 1. The summed E-state index contributed by atoms with van der Waals surface area (Å²) in [7, 11) is -2.16. The number of rotatable bonds is 5. The Bertz CT molecular complexity index is 745. The topological polar surface area (TPSA) is 94.3 Å². The molecular weight excluding hydrogens is 290 g/mol. The van der Waals surface area contributed by atoms with E-state index in [1.165, 1.54) is 19.2 Å². The third-order valence-electron chi connectivity index (χ3n) is 2.93. The van der Waals surface area contributed by atoms with Crippen LogP contribution in [0.1, 0.15) is 11.3 Å². The third kappa shape index (κ3) is 3.50. The van der Waals surface area contributed by atoms with Gasteiger partial charge in [0.1, 0.15) is 5.75 Å². The number of aromatic nitrogens is 1. The monoisotopic (exact) mass is 307 g/mol. The number of nitrogens with two attached hydrogens (primary N) is 1. The fourth-order valence-corrected chi connectivity index (χ4v) is 3.00. The minimum Gasteiger partial charge on any atom is -0.496 e. The SMILES string of the molecule is COc1ccc(S(=O)(=O)Nc2ccnc(C)c2)cc1CN. The van der Waals surface area contributed by atoms with E-state index < -0.39 is 10.0 Å². The molecule has 6 nitrogen and oxygen atoms in total. The molecular formula is C14H17N3O3S. The van der Waals surface area contributed by atoms with Gasteiger partial charge in [0.25, 0.3) is 10.0 Å². The van der Waals surface area contributed by atoms with Gasteiger partial charge in [0, 0.05) is 24.0 Å². The van der Waals surface area contributed by atoms with Crippen molar-refractivity contribution in [3.8, 4) is 5.75 Å². The second-order valence-electron chi connectivity index (χ2n) is 4.47. The molecule has 0 aliphatic heterocycles. The number of aryl methyl sites for hydroxylation is 1. The molecule has 0 radical (unpaired) electrons. The molecule has 0 aliphatic carbocycles. The van der Waals surface area contributed by atoms with E-state index in [1.54, 1.807) is 31.3 Å². The Morgan fingerprint density at radius 3 is 2.67 bits per heavy atom. The van der Waals surface area contributed by atoms with Crippen molar-refractivity contribution in [1.82, 2.24) is 4.98 Å². The minimum absolute atomic E-state index is 0.137. The maximum atomic E-state index is 12.4. The molecule has 0 fully saturated rings. The van der Waals surface area contributed by atoms with Gasteiger partial charge in [0.15, 0.2) is 0 Å². The molecule has 0 unspecified atom stereocenters. The van der Waals surface area contributed by atoms with Crippen molar-refractivity contribution >= 4 is 15.7 Å². The van der Waals surface area contributed by atoms with Crippen molar-refractivity contribution in [1.29, 1.82) is 0 Å². The van der Waals surface area contributed by atoms with Crippen LogP contribution in [0.5, 0.6) is 5.75 Å². The molecule has 0 atom stereocenters. The zero-order valence-corrected chi connectivity index (χ0v) is 12.6. The van der Waals surface area contributed by atoms with Gasteiger partial charge in [-0.1, -0.05) is 0 Å². The van der Waals surface area contributed by atoms with Crippen LogP contribution in [-0.2, 0) is 16.6 Å². The second-order valence-corrected chi connectivity index (χ2v) is 6.15. The number of methoxy groups -OCH3 is 1. The molecule has 7 heteroatoms. The Labute approximate surface area is 124 Å². The summed E-state index contributed by atoms with van der Waals surface area (Å²) in [5, 5.41) is 0. The Balaban J connectivity index is 2.35. The lowest BCUT2D eigenvalue weighted by molar-refractivity contribution is 0.409. The van der Waals surface area contributed by atoms with Gasteiger partial charge in [0.05, 0.1) is 17.7 Å². The van der Waals surface area contributed by atoms with Crippen LogP contribution in [0.3, 0.4) is 0 Å². The number of pyridine rings is 1. The average Bonchev–Trinajstić information content (AvgIpc) is 2.46. The average molecular weight is 307 g/mol. The van der Waals surface area contributed by atoms with Crippen LogP contribution in [0, 0.1) is 6.92 Å². The van der Waals surface area contributed by atoms with E-state index in [2.05, 4.69) is 9.71 Å². The standard InChI is InChI=1S/C14H17N3O3S/c1-10-7-12(5-6-16-10)17-21(18,19)13-3-4-14(20-2)11(8-13)9-15/h3-8H,9,15H2,1-2H3,(H,16,17). The number of hydrogen-bond donors (Lipinski definition) is 2. The maximum absolute atomic E-state index is 12.4. The third-order valence-corrected chi connectivity index (χ3v) is 4.31. The molecule has 2 aromatic rings. The Hall–Kier alpha value is -2.12. The number of nitrogens with zero attached hydrogens (tertiary/aromatic N) is 1. The van der Waals surface area contributed by atoms with Crippen molar-refractivity contribution < 1.29 is 13.2 Å². The van der Waals surface area contributed by atoms with Crippen LogP contribution in [0.15, 0.2) is 41.4 Å². The molecule has 2 rings (SSSR count). The van der Waals surface area contributed by atoms with E-state index in [0.29, 0.717) is 17.0 Å². The fourth-order valence-electron chi connectivity index (χ4n) is 1.90. The van der Waals surface area contributed by atoms with Gasteiger partial charge in [-0.05, 0) is 37.3 Å². The summed E-state index contributed by atoms with van der Waals surface area (Å²) in [6.45, 7) is 1.98. The van der Waals surface area contributed by atoms with Gasteiger partial charge in [-0.2, -0.15) is 0 Å². The molecule has 1 heterocycles. The van der Waals surface area contributed by atoms with Crippen LogP contribution in [0.4, 0.5) is 5.69 Å². The summed E-state index contributed by atoms with van der Waals surface area (Å²) in [5.74, 6) is 0.566. The van der Waals surface area contributed by atoms with Gasteiger partial charge in [0.2, 0.25) is 0 Å². The quantitative estimate of drug-likeness (QED) is 0.876. The predicted molar refractivity (Wildman–Crippen MR) is 80.7 cm³/mol. The van der Waals surface area contributed by atoms with Gasteiger partial charge in [-0.15, -0.1) is 0 Å². The summed E-state index contributed by atoms with van der Waals surface area (Å²) in [5.41, 5.74) is 7.43. The van der Waals surface area contributed by atoms with Crippen molar-refractivity contribution in [2.45, 2.75) is 18.4 Å². The molecule has 0 amide bonds. The molecule has 0 bridgehead atoms. The minimum atomic E-state index is -3.68. The van der Waals surface area contributed by atoms with Gasteiger partial charge < -0.3 is 10.5 Å². The zero-order valence-electron chi connectivity index (χ0n) is 11.8. The summed E-state index contributed by atoms with van der Waals surface area (Å²) < 4.78 is 32.4. The Kier molecular flexibility index (Phi) is 4.44. The van der Waals surface area contributed by atoms with Crippen LogP contribution in [-0.4, -0.2) is 20.5 Å². The van der Waals surface area contributed by atoms with E-state index in [0.717, 1.165) is 5.69 Å². The van der Waals surface area contributed by atoms with Crippen LogP contribution in [0.25, 0.3) is 0 Å². The van der Waals surface area contributed by atoms with Gasteiger partial charge >= 0.3 is 0 Å². The molecule has 3 N–H and O–H groups in total. The lowest BCUT2D eigenvalue weighted by Gasteiger charge is -2.11. The normalized spacial score (nSPS) is 11.2. The lowest BCUT2D eigenvalue weighted by Crippen LogP contribution is -2.14. The highest BCUT2D eigenvalue weighted by Crippen LogP contribution is 2.23. The van der Waals surface area contributed by atoms with Crippen molar-refractivity contribution in [3.63, 3.8) is 0 Å². The number of anilines is 1. The first-order valence-electron chi connectivity index (χ1n) is 6.28. The lowest BCUT2D eigenvalue weighted by atomic mass is 10.2. The fraction of sp³-hybridized carbons (Fsp3) is 0.214. The summed E-state index contributed by atoms with van der Waals surface area (Å²) >= 11 is 0. The Morgan fingerprint density at radius 2 is 2.05 bits per heavy atom. The first-order valence-corrected chi connectivity index (χ1v) is 7.77. The van der Waals surface area contributed by atoms with Crippen molar-refractivity contribution in [2.75, 3.05) is 11.8 Å². The van der Waals surface area contributed by atoms with E-state index in [9.17, 15) is 8.42 Å². The highest BCUT2D eigenvalue weighted by atomic mass is 32.2. The summed E-state index contributed by atoms with van der Waals surface area (Å²) in [4.78, 5) is 4.16. The largest absolute Gasteiger partial charge is 0.496 e. The summed E-state index contributed by atoms with van der Waals surface area (Å²) in [6.07, 6.45) is 1.55. The van der Waals surface area contributed by atoms with Crippen LogP contribution in [0.2, 0.25) is 0 Å². The number of benzene rings is 1. The van der Waals surface area contributed by atoms with Crippen molar-refractivity contribution in [2.24, 2.45) is 5.73 Å². The molecule has 112 valence electrons. The van der Waals surface area contributed by atoms with E-state index >= 15 is 0 Å². The first-order chi connectivity index (χ1) is 9.96. The van der Waals surface area contributed by atoms with Crippen LogP contribution >= 0.6 is 0 Å². The smallest absolute Gasteiger partial charge is 0.261 e. The second kappa shape index (κ2) is 6.11. The highest BCUT2D eigenvalue weighted by molar-refractivity contribution is 7.92. The maximum Gasteiger partial charge on any atom is 0.261 e. The van der Waals surface area contributed by atoms with Crippen molar-refractivity contribution in [3.05, 3.63) is 47.8 Å². The van der Waals surface area contributed by atoms with E-state index in [4.69, 9.17) is 10.5 Å². The molecule has 21 heavy (non-hydrogen) atoms. The van der Waals surface area contributed by atoms with Gasteiger partial charge in [-0.25, -0.2) is 8.42 Å². The number of hydrogen-bond acceptors (Lipinski definition) is 5. The Morgan fingerprint density at radius 1 is 1.29 bits per heavy atom. The molecule has 0 aliphatic rings. The molecule has 1 aromatic heterocycles. The molecule has 0 saturated carbocycles. The number of ether oxygens (including phenoxy) is 1.